The minimum atomic E-state index is -0.288. The van der Waals surface area contributed by atoms with Crippen LogP contribution >= 0.6 is 0 Å². The molecule has 0 aromatic heterocycles. The first-order valence-corrected chi connectivity index (χ1v) is 5.98. The fourth-order valence-corrected chi connectivity index (χ4v) is 1.81. The highest BCUT2D eigenvalue weighted by Gasteiger charge is 2.42. The average Bonchev–Trinajstić information content (AvgIpc) is 2.18. The third-order valence-corrected chi connectivity index (χ3v) is 2.66. The molecule has 3 atom stereocenters. The molecule has 0 spiro atoms. The normalized spacial score (nSPS) is 27.5. The standard InChI is InChI=1S/C12H22O3/c1-4-6-9(3)15-11-8-10(13)12(11)14-7-5-2/h9,11-12H,4-8H2,1-3H3. The molecule has 1 aliphatic carbocycles. The summed E-state index contributed by atoms with van der Waals surface area (Å²) in [7, 11) is 0. The summed E-state index contributed by atoms with van der Waals surface area (Å²) in [4.78, 5) is 11.3. The van der Waals surface area contributed by atoms with Crippen LogP contribution in [0.15, 0.2) is 0 Å². The lowest BCUT2D eigenvalue weighted by Crippen LogP contribution is -2.51. The lowest BCUT2D eigenvalue weighted by atomic mass is 9.89. The van der Waals surface area contributed by atoms with E-state index in [0.29, 0.717) is 13.0 Å². The molecular formula is C12H22O3. The molecule has 0 aliphatic heterocycles. The first-order valence-electron chi connectivity index (χ1n) is 5.98. The van der Waals surface area contributed by atoms with Gasteiger partial charge in [-0.15, -0.1) is 0 Å². The van der Waals surface area contributed by atoms with Gasteiger partial charge in [0.15, 0.2) is 5.78 Å². The van der Waals surface area contributed by atoms with Crippen LogP contribution in [-0.2, 0) is 14.3 Å². The number of Topliss-reactive ketones (excluding diaryl/α,β-unsaturated/α-hetero) is 1. The Balaban J connectivity index is 2.26. The molecule has 0 aromatic rings. The van der Waals surface area contributed by atoms with Crippen LogP contribution in [0.25, 0.3) is 0 Å². The first kappa shape index (κ1) is 12.7. The van der Waals surface area contributed by atoms with Crippen LogP contribution in [0.3, 0.4) is 0 Å². The third-order valence-electron chi connectivity index (χ3n) is 2.66. The summed E-state index contributed by atoms with van der Waals surface area (Å²) in [6.45, 7) is 6.89. The van der Waals surface area contributed by atoms with Crippen LogP contribution in [0.5, 0.6) is 0 Å². The molecule has 1 rings (SSSR count). The molecule has 0 N–H and O–H groups in total. The molecule has 0 heterocycles. The van der Waals surface area contributed by atoms with Crippen molar-refractivity contribution in [1.29, 1.82) is 0 Å². The number of carbonyl (C=O) groups excluding carboxylic acids is 1. The summed E-state index contributed by atoms with van der Waals surface area (Å²) >= 11 is 0. The van der Waals surface area contributed by atoms with E-state index in [9.17, 15) is 4.79 Å². The predicted molar refractivity (Wildman–Crippen MR) is 58.9 cm³/mol. The van der Waals surface area contributed by atoms with Crippen molar-refractivity contribution in [1.82, 2.24) is 0 Å². The van der Waals surface area contributed by atoms with Gasteiger partial charge in [-0.3, -0.25) is 4.79 Å². The molecular weight excluding hydrogens is 192 g/mol. The van der Waals surface area contributed by atoms with Crippen LogP contribution in [0.2, 0.25) is 0 Å². The summed E-state index contributed by atoms with van der Waals surface area (Å²) in [5, 5.41) is 0. The average molecular weight is 214 g/mol. The lowest BCUT2D eigenvalue weighted by Gasteiger charge is -2.36. The van der Waals surface area contributed by atoms with Crippen molar-refractivity contribution in [2.24, 2.45) is 0 Å². The second-order valence-electron chi connectivity index (χ2n) is 4.24. The Morgan fingerprint density at radius 2 is 2.13 bits per heavy atom. The number of hydrogen-bond donors (Lipinski definition) is 0. The highest BCUT2D eigenvalue weighted by molar-refractivity contribution is 5.90. The number of ketones is 1. The van der Waals surface area contributed by atoms with Gasteiger partial charge in [-0.05, 0) is 19.8 Å². The van der Waals surface area contributed by atoms with Crippen LogP contribution in [0.4, 0.5) is 0 Å². The summed E-state index contributed by atoms with van der Waals surface area (Å²) in [6.07, 6.45) is 3.59. The predicted octanol–water partition coefficient (Wildman–Crippen LogP) is 2.33. The van der Waals surface area contributed by atoms with Crippen molar-refractivity contribution in [3.8, 4) is 0 Å². The van der Waals surface area contributed by atoms with Crippen LogP contribution in [-0.4, -0.2) is 30.7 Å². The summed E-state index contributed by atoms with van der Waals surface area (Å²) in [5.41, 5.74) is 0. The second-order valence-corrected chi connectivity index (χ2v) is 4.24. The van der Waals surface area contributed by atoms with Gasteiger partial charge >= 0.3 is 0 Å². The molecule has 3 nitrogen and oxygen atoms in total. The van der Waals surface area contributed by atoms with E-state index in [4.69, 9.17) is 9.47 Å². The van der Waals surface area contributed by atoms with Gasteiger partial charge in [0.05, 0.1) is 12.2 Å². The molecule has 3 unspecified atom stereocenters. The van der Waals surface area contributed by atoms with Crippen molar-refractivity contribution < 1.29 is 14.3 Å². The third kappa shape index (κ3) is 3.58. The molecule has 0 bridgehead atoms. The van der Waals surface area contributed by atoms with E-state index in [0.717, 1.165) is 19.3 Å². The summed E-state index contributed by atoms with van der Waals surface area (Å²) in [6, 6.07) is 0. The Kier molecular flexibility index (Phi) is 5.26. The number of ether oxygens (including phenoxy) is 2. The van der Waals surface area contributed by atoms with Crippen LogP contribution in [0, 0.1) is 0 Å². The van der Waals surface area contributed by atoms with Gasteiger partial charge in [0, 0.05) is 13.0 Å². The van der Waals surface area contributed by atoms with Gasteiger partial charge in [-0.2, -0.15) is 0 Å². The quantitative estimate of drug-likeness (QED) is 0.652. The number of rotatable bonds is 7. The first-order chi connectivity index (χ1) is 7.19. The van der Waals surface area contributed by atoms with Gasteiger partial charge < -0.3 is 9.47 Å². The molecule has 88 valence electrons. The molecule has 0 saturated heterocycles. The summed E-state index contributed by atoms with van der Waals surface area (Å²) in [5.74, 6) is 0.192. The van der Waals surface area contributed by atoms with E-state index in [2.05, 4.69) is 13.8 Å². The monoisotopic (exact) mass is 214 g/mol. The fraction of sp³-hybridized carbons (Fsp3) is 0.917. The lowest BCUT2D eigenvalue weighted by molar-refractivity contribution is -0.172. The van der Waals surface area contributed by atoms with Gasteiger partial charge in [-0.25, -0.2) is 0 Å². The van der Waals surface area contributed by atoms with Crippen molar-refractivity contribution in [3.05, 3.63) is 0 Å². The van der Waals surface area contributed by atoms with Crippen LogP contribution < -0.4 is 0 Å². The minimum absolute atomic E-state index is 0.00519. The molecule has 0 aromatic carbocycles. The SMILES string of the molecule is CCCOC1C(=O)CC1OC(C)CCC. The Morgan fingerprint density at radius 1 is 1.40 bits per heavy atom. The van der Waals surface area contributed by atoms with Gasteiger partial charge in [-0.1, -0.05) is 20.3 Å². The zero-order valence-electron chi connectivity index (χ0n) is 9.99. The molecule has 15 heavy (non-hydrogen) atoms. The molecule has 0 radical (unpaired) electrons. The van der Waals surface area contributed by atoms with E-state index in [1.807, 2.05) is 6.92 Å². The Bertz CT molecular complexity index is 203. The molecule has 1 saturated carbocycles. The van der Waals surface area contributed by atoms with E-state index < -0.39 is 0 Å². The zero-order chi connectivity index (χ0) is 11.3. The summed E-state index contributed by atoms with van der Waals surface area (Å²) < 4.78 is 11.2. The smallest absolute Gasteiger partial charge is 0.166 e. The maximum Gasteiger partial charge on any atom is 0.166 e. The molecule has 1 aliphatic rings. The highest BCUT2D eigenvalue weighted by atomic mass is 16.6. The zero-order valence-corrected chi connectivity index (χ0v) is 9.99. The number of hydrogen-bond acceptors (Lipinski definition) is 3. The maximum absolute atomic E-state index is 11.3. The molecule has 1 fully saturated rings. The fourth-order valence-electron chi connectivity index (χ4n) is 1.81. The molecule has 0 amide bonds. The van der Waals surface area contributed by atoms with Crippen molar-refractivity contribution in [3.63, 3.8) is 0 Å². The Labute approximate surface area is 92.1 Å². The Hall–Kier alpha value is -0.410. The maximum atomic E-state index is 11.3. The van der Waals surface area contributed by atoms with Gasteiger partial charge in [0.1, 0.15) is 6.10 Å². The van der Waals surface area contributed by atoms with Gasteiger partial charge in [0.2, 0.25) is 0 Å². The second kappa shape index (κ2) is 6.23. The Morgan fingerprint density at radius 3 is 2.67 bits per heavy atom. The largest absolute Gasteiger partial charge is 0.372 e. The van der Waals surface area contributed by atoms with E-state index in [-0.39, 0.29) is 24.1 Å². The topological polar surface area (TPSA) is 35.5 Å². The highest BCUT2D eigenvalue weighted by Crippen LogP contribution is 2.25. The van der Waals surface area contributed by atoms with Crippen molar-refractivity contribution in [2.75, 3.05) is 6.61 Å². The van der Waals surface area contributed by atoms with Crippen molar-refractivity contribution in [2.45, 2.75) is 64.8 Å². The number of carbonyl (C=O) groups is 1. The van der Waals surface area contributed by atoms with E-state index in [1.54, 1.807) is 0 Å². The van der Waals surface area contributed by atoms with E-state index >= 15 is 0 Å². The van der Waals surface area contributed by atoms with Crippen molar-refractivity contribution >= 4 is 5.78 Å². The van der Waals surface area contributed by atoms with E-state index in [1.165, 1.54) is 0 Å². The van der Waals surface area contributed by atoms with Crippen LogP contribution in [0.1, 0.15) is 46.5 Å². The minimum Gasteiger partial charge on any atom is -0.372 e. The van der Waals surface area contributed by atoms with Gasteiger partial charge in [0.25, 0.3) is 0 Å². The molecule has 3 heteroatoms.